The van der Waals surface area contributed by atoms with Crippen LogP contribution in [0.5, 0.6) is 0 Å². The molecule has 1 N–H and O–H groups in total. The molecule has 2 saturated heterocycles. The number of carbonyl (C=O) groups excluding carboxylic acids is 3. The number of nitrogens with one attached hydrogen (secondary N) is 1. The van der Waals surface area contributed by atoms with Crippen molar-refractivity contribution in [3.63, 3.8) is 0 Å². The van der Waals surface area contributed by atoms with Gasteiger partial charge in [0.05, 0.1) is 31.0 Å². The molecule has 0 spiro atoms. The van der Waals surface area contributed by atoms with Gasteiger partial charge in [-0.25, -0.2) is 0 Å². The highest BCUT2D eigenvalue weighted by Crippen LogP contribution is 2.32. The molecule has 2 aromatic carbocycles. The number of ketones is 2. The molecule has 2 aromatic rings. The molecule has 0 unspecified atom stereocenters. The minimum Gasteiger partial charge on any atom is -0.350 e. The van der Waals surface area contributed by atoms with Crippen molar-refractivity contribution in [2.24, 2.45) is 5.92 Å². The Morgan fingerprint density at radius 3 is 2.26 bits per heavy atom. The van der Waals surface area contributed by atoms with Crippen LogP contribution in [0.2, 0.25) is 0 Å². The van der Waals surface area contributed by atoms with Gasteiger partial charge in [-0.15, -0.1) is 0 Å². The van der Waals surface area contributed by atoms with Gasteiger partial charge in [-0.05, 0) is 32.0 Å². The Labute approximate surface area is 180 Å². The highest BCUT2D eigenvalue weighted by Gasteiger charge is 2.33. The Hall–Kier alpha value is -2.87. The van der Waals surface area contributed by atoms with Crippen molar-refractivity contribution in [2.45, 2.75) is 19.1 Å². The molecule has 5 rings (SSSR count). The van der Waals surface area contributed by atoms with Gasteiger partial charge in [-0.1, -0.05) is 36.4 Å². The standard InChI is InChI=1S/C24H24N2O5/c27-20(14-26-10-8-15(9-11-26)24-30-12-13-31-24)25-19-7-3-6-18-21(19)23(29)17-5-2-1-4-16(17)22(18)28/h1-7,15,24H,8-14H2,(H,25,27). The maximum absolute atomic E-state index is 13.1. The van der Waals surface area contributed by atoms with E-state index in [9.17, 15) is 14.4 Å². The third-order valence-corrected chi connectivity index (χ3v) is 6.26. The summed E-state index contributed by atoms with van der Waals surface area (Å²) in [6.07, 6.45) is 1.73. The normalized spacial score (nSPS) is 19.9. The number of benzene rings is 2. The lowest BCUT2D eigenvalue weighted by Gasteiger charge is -2.33. The monoisotopic (exact) mass is 420 g/mol. The summed E-state index contributed by atoms with van der Waals surface area (Å²) in [5.41, 5.74) is 1.77. The van der Waals surface area contributed by atoms with E-state index in [-0.39, 0.29) is 35.9 Å². The largest absolute Gasteiger partial charge is 0.350 e. The zero-order chi connectivity index (χ0) is 21.4. The van der Waals surface area contributed by atoms with Crippen molar-refractivity contribution in [1.29, 1.82) is 0 Å². The summed E-state index contributed by atoms with van der Waals surface area (Å²) in [5.74, 6) is -0.260. The van der Waals surface area contributed by atoms with Crippen LogP contribution < -0.4 is 5.32 Å². The van der Waals surface area contributed by atoms with Gasteiger partial charge in [-0.2, -0.15) is 0 Å². The number of hydrogen-bond acceptors (Lipinski definition) is 6. The Bertz CT molecular complexity index is 1040. The zero-order valence-electron chi connectivity index (χ0n) is 17.1. The molecule has 2 fully saturated rings. The minimum atomic E-state index is -0.238. The van der Waals surface area contributed by atoms with E-state index >= 15 is 0 Å². The van der Waals surface area contributed by atoms with E-state index in [1.807, 2.05) is 0 Å². The van der Waals surface area contributed by atoms with E-state index in [4.69, 9.17) is 9.47 Å². The van der Waals surface area contributed by atoms with Gasteiger partial charge >= 0.3 is 0 Å². The number of fused-ring (bicyclic) bond motifs is 2. The van der Waals surface area contributed by atoms with Crippen LogP contribution >= 0.6 is 0 Å². The van der Waals surface area contributed by atoms with Crippen molar-refractivity contribution < 1.29 is 23.9 Å². The SMILES string of the molecule is O=C(CN1CCC(C2OCCO2)CC1)Nc1cccc2c1C(=O)c1ccccc1C2=O. The van der Waals surface area contributed by atoms with Crippen LogP contribution in [0.4, 0.5) is 5.69 Å². The molecule has 31 heavy (non-hydrogen) atoms. The number of piperidine rings is 1. The van der Waals surface area contributed by atoms with Gasteiger partial charge in [0.15, 0.2) is 17.9 Å². The highest BCUT2D eigenvalue weighted by atomic mass is 16.7. The Kier molecular flexibility index (Phi) is 5.40. The van der Waals surface area contributed by atoms with E-state index < -0.39 is 0 Å². The van der Waals surface area contributed by atoms with Crippen LogP contribution in [0.25, 0.3) is 0 Å². The number of rotatable bonds is 4. The van der Waals surface area contributed by atoms with Gasteiger partial charge in [-0.3, -0.25) is 19.3 Å². The van der Waals surface area contributed by atoms with Crippen LogP contribution in [0, 0.1) is 5.92 Å². The molecule has 3 aliphatic rings. The Morgan fingerprint density at radius 1 is 0.903 bits per heavy atom. The number of nitrogens with zero attached hydrogens (tertiary/aromatic N) is 1. The van der Waals surface area contributed by atoms with Crippen LogP contribution in [-0.2, 0) is 14.3 Å². The number of anilines is 1. The first-order chi connectivity index (χ1) is 15.1. The predicted octanol–water partition coefficient (Wildman–Crippen LogP) is 2.49. The quantitative estimate of drug-likeness (QED) is 0.698. The van der Waals surface area contributed by atoms with Crippen LogP contribution in [0.3, 0.4) is 0 Å². The van der Waals surface area contributed by atoms with E-state index in [2.05, 4.69) is 10.2 Å². The number of likely N-dealkylation sites (tertiary alicyclic amines) is 1. The summed E-state index contributed by atoms with van der Waals surface area (Å²) in [7, 11) is 0. The summed E-state index contributed by atoms with van der Waals surface area (Å²) in [5, 5.41) is 2.86. The number of ether oxygens (including phenoxy) is 2. The highest BCUT2D eigenvalue weighted by molar-refractivity contribution is 6.30. The Morgan fingerprint density at radius 2 is 1.55 bits per heavy atom. The molecule has 0 aromatic heterocycles. The smallest absolute Gasteiger partial charge is 0.238 e. The van der Waals surface area contributed by atoms with Crippen LogP contribution in [0.1, 0.15) is 44.7 Å². The van der Waals surface area contributed by atoms with Gasteiger partial charge in [0.25, 0.3) is 0 Å². The number of hydrogen-bond donors (Lipinski definition) is 1. The van der Waals surface area contributed by atoms with Crippen LogP contribution in [-0.4, -0.2) is 61.5 Å². The number of carbonyl (C=O) groups is 3. The molecular weight excluding hydrogens is 396 g/mol. The third-order valence-electron chi connectivity index (χ3n) is 6.26. The van der Waals surface area contributed by atoms with Crippen molar-refractivity contribution in [1.82, 2.24) is 4.90 Å². The third kappa shape index (κ3) is 3.80. The van der Waals surface area contributed by atoms with E-state index in [1.165, 1.54) is 0 Å². The second-order valence-electron chi connectivity index (χ2n) is 8.20. The minimum absolute atomic E-state index is 0.113. The first kappa shape index (κ1) is 20.1. The van der Waals surface area contributed by atoms with Crippen molar-refractivity contribution in [3.8, 4) is 0 Å². The van der Waals surface area contributed by atoms with E-state index in [0.29, 0.717) is 41.5 Å². The molecule has 0 saturated carbocycles. The fraction of sp³-hybridized carbons (Fsp3) is 0.375. The number of amides is 1. The maximum Gasteiger partial charge on any atom is 0.238 e. The van der Waals surface area contributed by atoms with Gasteiger partial charge in [0.1, 0.15) is 0 Å². The zero-order valence-corrected chi connectivity index (χ0v) is 17.1. The summed E-state index contributed by atoms with van der Waals surface area (Å²) < 4.78 is 11.2. The summed E-state index contributed by atoms with van der Waals surface area (Å²) in [6, 6.07) is 11.8. The molecule has 1 aliphatic carbocycles. The van der Waals surface area contributed by atoms with E-state index in [1.54, 1.807) is 42.5 Å². The van der Waals surface area contributed by atoms with Gasteiger partial charge < -0.3 is 14.8 Å². The van der Waals surface area contributed by atoms with Crippen LogP contribution in [0.15, 0.2) is 42.5 Å². The fourth-order valence-electron chi connectivity index (χ4n) is 4.67. The maximum atomic E-state index is 13.1. The Balaban J connectivity index is 1.27. The van der Waals surface area contributed by atoms with Gasteiger partial charge in [0, 0.05) is 22.6 Å². The lowest BCUT2D eigenvalue weighted by atomic mass is 9.83. The molecule has 7 heteroatoms. The molecule has 0 atom stereocenters. The molecule has 160 valence electrons. The topological polar surface area (TPSA) is 84.9 Å². The fourth-order valence-corrected chi connectivity index (χ4v) is 4.67. The predicted molar refractivity (Wildman–Crippen MR) is 113 cm³/mol. The molecular formula is C24H24N2O5. The van der Waals surface area contributed by atoms with Gasteiger partial charge in [0.2, 0.25) is 5.91 Å². The summed E-state index contributed by atoms with van der Waals surface area (Å²) in [6.45, 7) is 3.13. The average Bonchev–Trinajstić information content (AvgIpc) is 3.33. The van der Waals surface area contributed by atoms with E-state index in [0.717, 1.165) is 25.9 Å². The average molecular weight is 420 g/mol. The lowest BCUT2D eigenvalue weighted by molar-refractivity contribution is -0.119. The molecule has 0 radical (unpaired) electrons. The molecule has 1 amide bonds. The van der Waals surface area contributed by atoms with Crippen molar-refractivity contribution in [3.05, 3.63) is 64.7 Å². The first-order valence-corrected chi connectivity index (χ1v) is 10.7. The summed E-state index contributed by atoms with van der Waals surface area (Å²) in [4.78, 5) is 40.8. The molecule has 2 aliphatic heterocycles. The van der Waals surface area contributed by atoms with Crippen molar-refractivity contribution in [2.75, 3.05) is 38.2 Å². The van der Waals surface area contributed by atoms with Crippen molar-refractivity contribution >= 4 is 23.2 Å². The second-order valence-corrected chi connectivity index (χ2v) is 8.20. The molecule has 2 heterocycles. The molecule has 0 bridgehead atoms. The lowest BCUT2D eigenvalue weighted by Crippen LogP contribution is -2.42. The first-order valence-electron chi connectivity index (χ1n) is 10.7. The summed E-state index contributed by atoms with van der Waals surface area (Å²) >= 11 is 0. The molecule has 7 nitrogen and oxygen atoms in total. The second kappa shape index (κ2) is 8.34.